The van der Waals surface area contributed by atoms with Crippen LogP contribution in [0.15, 0.2) is 61.7 Å². The van der Waals surface area contributed by atoms with Gasteiger partial charge in [-0.15, -0.1) is 0 Å². The van der Waals surface area contributed by atoms with E-state index < -0.39 is 0 Å². The molecule has 0 aromatic carbocycles. The number of carbonyl (C=O) groups is 1. The Kier molecular flexibility index (Phi) is 6.05. The van der Waals surface area contributed by atoms with Crippen LogP contribution in [0, 0.1) is 12.8 Å². The third-order valence-electron chi connectivity index (χ3n) is 7.47. The van der Waals surface area contributed by atoms with Gasteiger partial charge < -0.3 is 20.2 Å². The van der Waals surface area contributed by atoms with Gasteiger partial charge in [-0.2, -0.15) is 5.10 Å². The monoisotopic (exact) mass is 532 g/mol. The third-order valence-corrected chi connectivity index (χ3v) is 7.47. The van der Waals surface area contributed by atoms with Gasteiger partial charge in [-0.3, -0.25) is 24.8 Å². The lowest BCUT2D eigenvalue weighted by Gasteiger charge is -2.21. The Morgan fingerprint density at radius 3 is 2.73 bits per heavy atom. The lowest BCUT2D eigenvalue weighted by atomic mass is 9.94. The van der Waals surface area contributed by atoms with Crippen LogP contribution in [0.2, 0.25) is 0 Å². The van der Waals surface area contributed by atoms with Gasteiger partial charge in [0.2, 0.25) is 5.91 Å². The van der Waals surface area contributed by atoms with E-state index in [9.17, 15) is 4.79 Å². The number of aromatic nitrogens is 8. The number of anilines is 1. The molecule has 1 amide bonds. The SMILES string of the molecule is Cc1cn(-c2cncc3[nH]c(-c4n[nH]c5cnc(-c6cncc(NC(=O)CC7CCNCC7)c6)cc45)cc23)cn1. The molecule has 6 aromatic rings. The predicted molar refractivity (Wildman–Crippen MR) is 153 cm³/mol. The molecule has 1 fully saturated rings. The maximum absolute atomic E-state index is 12.7. The Labute approximate surface area is 229 Å². The highest BCUT2D eigenvalue weighted by molar-refractivity contribution is 5.98. The van der Waals surface area contributed by atoms with Crippen molar-refractivity contribution >= 4 is 33.4 Å². The summed E-state index contributed by atoms with van der Waals surface area (Å²) in [5, 5.41) is 16.0. The van der Waals surface area contributed by atoms with Crippen molar-refractivity contribution in [2.75, 3.05) is 18.4 Å². The predicted octanol–water partition coefficient (Wildman–Crippen LogP) is 4.39. The lowest BCUT2D eigenvalue weighted by Crippen LogP contribution is -2.30. The molecule has 4 N–H and O–H groups in total. The number of amides is 1. The van der Waals surface area contributed by atoms with Gasteiger partial charge in [0.25, 0.3) is 0 Å². The van der Waals surface area contributed by atoms with Crippen molar-refractivity contribution in [3.8, 4) is 28.3 Å². The smallest absolute Gasteiger partial charge is 0.224 e. The molecule has 11 nitrogen and oxygen atoms in total. The zero-order valence-electron chi connectivity index (χ0n) is 22.0. The van der Waals surface area contributed by atoms with Gasteiger partial charge in [0.05, 0.1) is 70.6 Å². The number of nitrogens with zero attached hydrogens (tertiary/aromatic N) is 6. The first-order chi connectivity index (χ1) is 19.6. The van der Waals surface area contributed by atoms with E-state index in [0.717, 1.165) is 81.8 Å². The number of rotatable bonds is 6. The molecule has 0 radical (unpaired) electrons. The van der Waals surface area contributed by atoms with Crippen molar-refractivity contribution in [1.82, 2.24) is 45.0 Å². The number of H-pyrrole nitrogens is 2. The van der Waals surface area contributed by atoms with E-state index in [4.69, 9.17) is 0 Å². The first-order valence-electron chi connectivity index (χ1n) is 13.4. The van der Waals surface area contributed by atoms with Crippen molar-refractivity contribution in [2.45, 2.75) is 26.2 Å². The van der Waals surface area contributed by atoms with E-state index >= 15 is 0 Å². The number of nitrogens with one attached hydrogen (secondary N) is 4. The Balaban J connectivity index is 1.19. The Hall–Kier alpha value is -4.90. The van der Waals surface area contributed by atoms with Crippen molar-refractivity contribution < 1.29 is 4.79 Å². The van der Waals surface area contributed by atoms with E-state index in [0.29, 0.717) is 18.0 Å². The maximum atomic E-state index is 12.7. The van der Waals surface area contributed by atoms with Gasteiger partial charge in [0.1, 0.15) is 5.69 Å². The molecular weight excluding hydrogens is 504 g/mol. The van der Waals surface area contributed by atoms with Crippen molar-refractivity contribution in [3.63, 3.8) is 0 Å². The highest BCUT2D eigenvalue weighted by Gasteiger charge is 2.18. The van der Waals surface area contributed by atoms with Crippen LogP contribution in [-0.2, 0) is 4.79 Å². The Morgan fingerprint density at radius 2 is 1.88 bits per heavy atom. The second kappa shape index (κ2) is 10.0. The number of carbonyl (C=O) groups excluding carboxylic acids is 1. The molecular formula is C29H28N10O. The summed E-state index contributed by atoms with van der Waals surface area (Å²) >= 11 is 0. The fourth-order valence-corrected chi connectivity index (χ4v) is 5.41. The number of aromatic amines is 2. The van der Waals surface area contributed by atoms with Crippen molar-refractivity contribution in [2.24, 2.45) is 5.92 Å². The van der Waals surface area contributed by atoms with Gasteiger partial charge in [0.15, 0.2) is 0 Å². The molecule has 1 aliphatic rings. The van der Waals surface area contributed by atoms with Gasteiger partial charge in [-0.25, -0.2) is 4.98 Å². The number of fused-ring (bicyclic) bond motifs is 2. The summed E-state index contributed by atoms with van der Waals surface area (Å²) in [6.07, 6.45) is 15.2. The molecule has 0 aliphatic carbocycles. The second-order valence-electron chi connectivity index (χ2n) is 10.3. The van der Waals surface area contributed by atoms with Crippen molar-refractivity contribution in [1.29, 1.82) is 0 Å². The Bertz CT molecular complexity index is 1840. The second-order valence-corrected chi connectivity index (χ2v) is 10.3. The molecule has 0 spiro atoms. The molecule has 0 bridgehead atoms. The van der Waals surface area contributed by atoms with Gasteiger partial charge in [0, 0.05) is 35.2 Å². The third kappa shape index (κ3) is 4.60. The molecule has 0 unspecified atom stereocenters. The summed E-state index contributed by atoms with van der Waals surface area (Å²) in [5.74, 6) is 0.437. The van der Waals surface area contributed by atoms with Gasteiger partial charge >= 0.3 is 0 Å². The fraction of sp³-hybridized carbons (Fsp3) is 0.241. The molecule has 6 aromatic heterocycles. The Morgan fingerprint density at radius 1 is 1.00 bits per heavy atom. The lowest BCUT2D eigenvalue weighted by molar-refractivity contribution is -0.117. The molecule has 7 rings (SSSR count). The van der Waals surface area contributed by atoms with E-state index in [-0.39, 0.29) is 5.91 Å². The maximum Gasteiger partial charge on any atom is 0.224 e. The average molecular weight is 533 g/mol. The minimum absolute atomic E-state index is 0.0184. The molecule has 1 aliphatic heterocycles. The summed E-state index contributed by atoms with van der Waals surface area (Å²) in [6, 6.07) is 5.99. The molecule has 40 heavy (non-hydrogen) atoms. The summed E-state index contributed by atoms with van der Waals surface area (Å²) < 4.78 is 1.97. The topological polar surface area (TPSA) is 142 Å². The largest absolute Gasteiger partial charge is 0.352 e. The quantitative estimate of drug-likeness (QED) is 0.249. The highest BCUT2D eigenvalue weighted by Crippen LogP contribution is 2.32. The zero-order chi connectivity index (χ0) is 27.1. The van der Waals surface area contributed by atoms with Crippen LogP contribution < -0.4 is 10.6 Å². The van der Waals surface area contributed by atoms with Crippen LogP contribution in [0.1, 0.15) is 25.0 Å². The number of hydrogen-bond acceptors (Lipinski definition) is 7. The molecule has 0 saturated carbocycles. The molecule has 1 saturated heterocycles. The minimum atomic E-state index is 0.0184. The van der Waals surface area contributed by atoms with E-state index in [1.54, 1.807) is 24.9 Å². The molecule has 11 heteroatoms. The van der Waals surface area contributed by atoms with E-state index in [1.165, 1.54) is 0 Å². The number of aryl methyl sites for hydroxylation is 1. The number of hydrogen-bond donors (Lipinski definition) is 4. The summed E-state index contributed by atoms with van der Waals surface area (Å²) in [7, 11) is 0. The fourth-order valence-electron chi connectivity index (χ4n) is 5.41. The average Bonchev–Trinajstić information content (AvgIpc) is 3.71. The van der Waals surface area contributed by atoms with Crippen LogP contribution in [0.3, 0.4) is 0 Å². The first-order valence-corrected chi connectivity index (χ1v) is 13.4. The summed E-state index contributed by atoms with van der Waals surface area (Å²) in [4.78, 5) is 33.9. The van der Waals surface area contributed by atoms with Crippen LogP contribution >= 0.6 is 0 Å². The standard InChI is InChI=1S/C29H28N10O/c1-17-15-39(16-34-17)27-14-32-12-25-21(27)8-24(36-25)29-22-9-23(33-13-26(22)37-38-29)19-7-20(11-31-10-19)35-28(40)6-18-2-4-30-5-3-18/h7-16,18,30,36H,2-6H2,1H3,(H,35,40)(H,37,38). The zero-order valence-corrected chi connectivity index (χ0v) is 22.0. The van der Waals surface area contributed by atoms with Crippen LogP contribution in [0.4, 0.5) is 5.69 Å². The minimum Gasteiger partial charge on any atom is -0.352 e. The number of piperidine rings is 1. The normalized spacial score (nSPS) is 14.2. The number of imidazole rings is 1. The van der Waals surface area contributed by atoms with Crippen LogP contribution in [0.5, 0.6) is 0 Å². The van der Waals surface area contributed by atoms with Crippen LogP contribution in [-0.4, -0.2) is 58.7 Å². The number of pyridine rings is 3. The summed E-state index contributed by atoms with van der Waals surface area (Å²) in [5.41, 5.74) is 7.46. The molecule has 200 valence electrons. The summed E-state index contributed by atoms with van der Waals surface area (Å²) in [6.45, 7) is 3.91. The van der Waals surface area contributed by atoms with Gasteiger partial charge in [-0.05, 0) is 57.0 Å². The van der Waals surface area contributed by atoms with Crippen molar-refractivity contribution in [3.05, 3.63) is 67.4 Å². The van der Waals surface area contributed by atoms with E-state index in [2.05, 4.69) is 51.8 Å². The highest BCUT2D eigenvalue weighted by atomic mass is 16.1. The molecule has 7 heterocycles. The van der Waals surface area contributed by atoms with Gasteiger partial charge in [-0.1, -0.05) is 0 Å². The molecule has 0 atom stereocenters. The van der Waals surface area contributed by atoms with Crippen LogP contribution in [0.25, 0.3) is 50.1 Å². The van der Waals surface area contributed by atoms with E-state index in [1.807, 2.05) is 42.2 Å². The first kappa shape index (κ1) is 24.2.